The van der Waals surface area contributed by atoms with Crippen LogP contribution < -0.4 is 10.2 Å². The lowest BCUT2D eigenvalue weighted by molar-refractivity contribution is -0.121. The zero-order chi connectivity index (χ0) is 17.3. The molecule has 1 N–H and O–H groups in total. The standard InChI is InChI=1S/C19H20N2O2S/c1-12-6-4-7-13(2)18(12)21-17(22)11-16(19(21)23)20-14-8-5-9-15(10-14)24-3/h4-10,16,20H,11H2,1-3H3/t16-/m0/s1. The first-order chi connectivity index (χ1) is 11.5. The molecule has 24 heavy (non-hydrogen) atoms. The molecule has 3 rings (SSSR count). The maximum atomic E-state index is 12.8. The second kappa shape index (κ2) is 6.69. The number of rotatable bonds is 4. The summed E-state index contributed by atoms with van der Waals surface area (Å²) in [5.74, 6) is -0.345. The Morgan fingerprint density at radius 1 is 1.08 bits per heavy atom. The number of benzene rings is 2. The summed E-state index contributed by atoms with van der Waals surface area (Å²) in [5.41, 5.74) is 3.44. The smallest absolute Gasteiger partial charge is 0.256 e. The van der Waals surface area contributed by atoms with Gasteiger partial charge in [0, 0.05) is 10.6 Å². The van der Waals surface area contributed by atoms with Crippen molar-refractivity contribution in [1.82, 2.24) is 0 Å². The Labute approximate surface area is 146 Å². The number of thioether (sulfide) groups is 1. The van der Waals surface area contributed by atoms with E-state index in [0.717, 1.165) is 27.4 Å². The molecule has 1 atom stereocenters. The SMILES string of the molecule is CSc1cccc(N[C@H]2CC(=O)N(c3c(C)cccc3C)C2=O)c1. The van der Waals surface area contributed by atoms with Gasteiger partial charge >= 0.3 is 0 Å². The molecule has 0 saturated carbocycles. The highest BCUT2D eigenvalue weighted by molar-refractivity contribution is 7.98. The first-order valence-corrected chi connectivity index (χ1v) is 9.07. The van der Waals surface area contributed by atoms with E-state index in [0.29, 0.717) is 0 Å². The molecule has 2 aromatic rings. The molecule has 0 aliphatic carbocycles. The van der Waals surface area contributed by atoms with Crippen LogP contribution in [-0.2, 0) is 9.59 Å². The van der Waals surface area contributed by atoms with Gasteiger partial charge in [-0.1, -0.05) is 24.3 Å². The van der Waals surface area contributed by atoms with Gasteiger partial charge < -0.3 is 5.32 Å². The lowest BCUT2D eigenvalue weighted by Gasteiger charge is -2.20. The fraction of sp³-hybridized carbons (Fsp3) is 0.263. The lowest BCUT2D eigenvalue weighted by Crippen LogP contribution is -2.35. The number of amides is 2. The highest BCUT2D eigenvalue weighted by Crippen LogP contribution is 2.31. The Balaban J connectivity index is 1.86. The first kappa shape index (κ1) is 16.6. The quantitative estimate of drug-likeness (QED) is 0.680. The summed E-state index contributed by atoms with van der Waals surface area (Å²) in [6.45, 7) is 3.84. The van der Waals surface area contributed by atoms with Gasteiger partial charge in [0.1, 0.15) is 6.04 Å². The molecule has 2 amide bonds. The number of carbonyl (C=O) groups excluding carboxylic acids is 2. The number of hydrogen-bond donors (Lipinski definition) is 1. The van der Waals surface area contributed by atoms with E-state index in [2.05, 4.69) is 5.32 Å². The van der Waals surface area contributed by atoms with Gasteiger partial charge in [-0.15, -0.1) is 11.8 Å². The van der Waals surface area contributed by atoms with Crippen LogP contribution in [0.25, 0.3) is 0 Å². The molecule has 0 bridgehead atoms. The van der Waals surface area contributed by atoms with Crippen LogP contribution in [0.15, 0.2) is 47.4 Å². The topological polar surface area (TPSA) is 49.4 Å². The van der Waals surface area contributed by atoms with E-state index in [-0.39, 0.29) is 18.2 Å². The van der Waals surface area contributed by atoms with Gasteiger partial charge in [-0.25, -0.2) is 4.90 Å². The molecular formula is C19H20N2O2S. The molecule has 1 fully saturated rings. The molecule has 0 unspecified atom stereocenters. The Kier molecular flexibility index (Phi) is 4.62. The van der Waals surface area contributed by atoms with E-state index in [1.165, 1.54) is 4.90 Å². The monoisotopic (exact) mass is 340 g/mol. The number of imide groups is 1. The Bertz CT molecular complexity index is 783. The summed E-state index contributed by atoms with van der Waals surface area (Å²) < 4.78 is 0. The number of nitrogens with one attached hydrogen (secondary N) is 1. The Morgan fingerprint density at radius 2 is 1.75 bits per heavy atom. The molecule has 5 heteroatoms. The third-order valence-electron chi connectivity index (χ3n) is 4.22. The van der Waals surface area contributed by atoms with Crippen molar-refractivity contribution in [1.29, 1.82) is 0 Å². The molecule has 1 saturated heterocycles. The third kappa shape index (κ3) is 3.04. The van der Waals surface area contributed by atoms with E-state index in [9.17, 15) is 9.59 Å². The van der Waals surface area contributed by atoms with Crippen LogP contribution in [0.4, 0.5) is 11.4 Å². The van der Waals surface area contributed by atoms with Gasteiger partial charge in [-0.2, -0.15) is 0 Å². The normalized spacial score (nSPS) is 17.5. The summed E-state index contributed by atoms with van der Waals surface area (Å²) in [7, 11) is 0. The summed E-state index contributed by atoms with van der Waals surface area (Å²) in [5, 5.41) is 3.21. The maximum Gasteiger partial charge on any atom is 0.256 e. The second-order valence-electron chi connectivity index (χ2n) is 5.94. The molecule has 1 heterocycles. The minimum Gasteiger partial charge on any atom is -0.373 e. The maximum absolute atomic E-state index is 12.8. The van der Waals surface area contributed by atoms with Crippen molar-refractivity contribution in [2.75, 3.05) is 16.5 Å². The first-order valence-electron chi connectivity index (χ1n) is 7.85. The van der Waals surface area contributed by atoms with Gasteiger partial charge in [-0.3, -0.25) is 9.59 Å². The third-order valence-corrected chi connectivity index (χ3v) is 4.95. The summed E-state index contributed by atoms with van der Waals surface area (Å²) >= 11 is 1.64. The van der Waals surface area contributed by atoms with Crippen molar-refractivity contribution in [3.63, 3.8) is 0 Å². The summed E-state index contributed by atoms with van der Waals surface area (Å²) in [4.78, 5) is 27.7. The van der Waals surface area contributed by atoms with Crippen LogP contribution in [0.1, 0.15) is 17.5 Å². The van der Waals surface area contributed by atoms with Crippen LogP contribution in [0.3, 0.4) is 0 Å². The molecule has 0 radical (unpaired) electrons. The van der Waals surface area contributed by atoms with Crippen molar-refractivity contribution < 1.29 is 9.59 Å². The molecule has 4 nitrogen and oxygen atoms in total. The average Bonchev–Trinajstić information content (AvgIpc) is 2.82. The molecule has 1 aliphatic heterocycles. The zero-order valence-electron chi connectivity index (χ0n) is 14.0. The van der Waals surface area contributed by atoms with Crippen molar-refractivity contribution in [2.24, 2.45) is 0 Å². The van der Waals surface area contributed by atoms with E-state index in [1.54, 1.807) is 11.8 Å². The largest absolute Gasteiger partial charge is 0.373 e. The molecule has 0 spiro atoms. The van der Waals surface area contributed by atoms with Crippen LogP contribution in [0.5, 0.6) is 0 Å². The van der Waals surface area contributed by atoms with Crippen LogP contribution in [0.2, 0.25) is 0 Å². The molecule has 1 aliphatic rings. The lowest BCUT2D eigenvalue weighted by atomic mass is 10.1. The highest BCUT2D eigenvalue weighted by atomic mass is 32.2. The van der Waals surface area contributed by atoms with Crippen LogP contribution in [0, 0.1) is 13.8 Å². The van der Waals surface area contributed by atoms with E-state index < -0.39 is 6.04 Å². The highest BCUT2D eigenvalue weighted by Gasteiger charge is 2.40. The van der Waals surface area contributed by atoms with Crippen molar-refractivity contribution in [3.05, 3.63) is 53.6 Å². The minimum atomic E-state index is -0.520. The average molecular weight is 340 g/mol. The van der Waals surface area contributed by atoms with Gasteiger partial charge in [0.05, 0.1) is 12.1 Å². The zero-order valence-corrected chi connectivity index (χ0v) is 14.8. The predicted molar refractivity (Wildman–Crippen MR) is 98.7 cm³/mol. The molecule has 2 aromatic carbocycles. The Hall–Kier alpha value is -2.27. The van der Waals surface area contributed by atoms with Crippen molar-refractivity contribution in [3.8, 4) is 0 Å². The Morgan fingerprint density at radius 3 is 2.42 bits per heavy atom. The van der Waals surface area contributed by atoms with Crippen LogP contribution >= 0.6 is 11.8 Å². The minimum absolute atomic E-state index is 0.157. The fourth-order valence-electron chi connectivity index (χ4n) is 3.05. The fourth-order valence-corrected chi connectivity index (χ4v) is 3.51. The number of aryl methyl sites for hydroxylation is 2. The van der Waals surface area contributed by atoms with Gasteiger partial charge in [0.2, 0.25) is 5.91 Å². The number of hydrogen-bond acceptors (Lipinski definition) is 4. The van der Waals surface area contributed by atoms with E-state index in [4.69, 9.17) is 0 Å². The van der Waals surface area contributed by atoms with Crippen molar-refractivity contribution in [2.45, 2.75) is 31.2 Å². The summed E-state index contributed by atoms with van der Waals surface area (Å²) in [6, 6.07) is 13.1. The molecule has 0 aromatic heterocycles. The van der Waals surface area contributed by atoms with E-state index >= 15 is 0 Å². The van der Waals surface area contributed by atoms with Crippen LogP contribution in [-0.4, -0.2) is 24.1 Å². The number of carbonyl (C=O) groups is 2. The van der Waals surface area contributed by atoms with Gasteiger partial charge in [0.15, 0.2) is 0 Å². The number of nitrogens with zero attached hydrogens (tertiary/aromatic N) is 1. The van der Waals surface area contributed by atoms with Gasteiger partial charge in [-0.05, 0) is 49.4 Å². The number of anilines is 2. The molecular weight excluding hydrogens is 320 g/mol. The van der Waals surface area contributed by atoms with Crippen molar-refractivity contribution >= 4 is 35.0 Å². The number of para-hydroxylation sites is 1. The second-order valence-corrected chi connectivity index (χ2v) is 6.82. The predicted octanol–water partition coefficient (Wildman–Crippen LogP) is 3.77. The molecule has 124 valence electrons. The van der Waals surface area contributed by atoms with E-state index in [1.807, 2.05) is 62.6 Å². The summed E-state index contributed by atoms with van der Waals surface area (Å²) in [6.07, 6.45) is 2.18. The van der Waals surface area contributed by atoms with Gasteiger partial charge in [0.25, 0.3) is 5.91 Å².